The van der Waals surface area contributed by atoms with E-state index in [2.05, 4.69) is 0 Å². The first kappa shape index (κ1) is 49.7. The average molecular weight is 450 g/mol. The molecule has 0 spiro atoms. The van der Waals surface area contributed by atoms with Crippen LogP contribution in [0.2, 0.25) is 0 Å². The van der Waals surface area contributed by atoms with Gasteiger partial charge in [-0.1, -0.05) is 0 Å². The van der Waals surface area contributed by atoms with Crippen molar-refractivity contribution in [2.45, 2.75) is 0 Å². The summed E-state index contributed by atoms with van der Waals surface area (Å²) in [4.78, 5) is 25.6. The molecule has 0 aliphatic heterocycles. The van der Waals surface area contributed by atoms with Crippen LogP contribution >= 0.6 is 7.82 Å². The zero-order valence-electron chi connectivity index (χ0n) is 4.88. The van der Waals surface area contributed by atoms with E-state index in [1.807, 2.05) is 0 Å². The van der Waals surface area contributed by atoms with Gasteiger partial charge in [0.25, 0.3) is 0 Å². The Hall–Kier alpha value is 2.56. The Balaban J connectivity index is -0.00000000533. The molecule has 56 valence electrons. The molecule has 11 heavy (non-hydrogen) atoms. The number of hydrogen-bond acceptors (Lipinski definition) is 4. The molecule has 0 saturated heterocycles. The van der Waals surface area contributed by atoms with Gasteiger partial charge in [0.1, 0.15) is 0 Å². The second-order valence-electron chi connectivity index (χ2n) is 0.447. The first-order valence-electron chi connectivity index (χ1n) is 0.730. The molecular weight excluding hydrogens is 450 g/mol. The Morgan fingerprint density at radius 1 is 0.909 bits per heavy atom. The molecule has 0 N–H and O–H groups in total. The van der Waals surface area contributed by atoms with Crippen LogP contribution in [0, 0.1) is 39.9 Å². The number of hydrogen-bond donors (Lipinski definition) is 0. The molecule has 0 atom stereocenters. The van der Waals surface area contributed by atoms with Crippen molar-refractivity contribution in [3.05, 3.63) is 0 Å². The van der Waals surface area contributed by atoms with Gasteiger partial charge in [0.15, 0.2) is 0 Å². The molecule has 0 aromatic heterocycles. The van der Waals surface area contributed by atoms with Gasteiger partial charge in [-0.3, -0.25) is 0 Å². The van der Waals surface area contributed by atoms with Gasteiger partial charge in [0.2, 0.25) is 0 Å². The number of rotatable bonds is 0. The van der Waals surface area contributed by atoms with E-state index in [9.17, 15) is 0 Å². The van der Waals surface area contributed by atoms with Crippen molar-refractivity contribution in [3.8, 4) is 0 Å². The van der Waals surface area contributed by atoms with Gasteiger partial charge in [-0.05, 0) is 0 Å². The third-order valence-corrected chi connectivity index (χ3v) is 0. The SMILES string of the molecule is O=P([O-])([O-])[O-].[Al+3].[O-2].[O-2].[O-2].[Th+4].[Ti+4]. The predicted molar refractivity (Wildman–Crippen MR) is 15.4 cm³/mol. The summed E-state index contributed by atoms with van der Waals surface area (Å²) >= 11 is 0. The molecule has 0 saturated carbocycles. The quantitative estimate of drug-likeness (QED) is 0.275. The van der Waals surface area contributed by atoms with Crippen molar-refractivity contribution in [1.82, 2.24) is 0 Å². The molecule has 0 aliphatic carbocycles. The van der Waals surface area contributed by atoms with Crippen LogP contribution in [0.3, 0.4) is 0 Å². The van der Waals surface area contributed by atoms with E-state index in [4.69, 9.17) is 19.2 Å². The minimum Gasteiger partial charge on any atom is -2.00 e. The van der Waals surface area contributed by atoms with Gasteiger partial charge < -0.3 is 35.7 Å². The molecule has 0 aromatic rings. The summed E-state index contributed by atoms with van der Waals surface area (Å²) in [6.45, 7) is 0. The topological polar surface area (TPSA) is 172 Å². The zero-order valence-corrected chi connectivity index (χ0v) is 12.6. The second-order valence-corrected chi connectivity index (χ2v) is 1.34. The molecule has 0 heterocycles. The van der Waals surface area contributed by atoms with E-state index >= 15 is 0 Å². The summed E-state index contributed by atoms with van der Waals surface area (Å²) in [6, 6.07) is 0. The average Bonchev–Trinajstić information content (AvgIpc) is 0.722. The molecule has 0 unspecified atom stereocenters. The van der Waals surface area contributed by atoms with Crippen LogP contribution in [0.25, 0.3) is 0 Å². The largest absolute Gasteiger partial charge is 4.00 e. The van der Waals surface area contributed by atoms with Crippen molar-refractivity contribution in [2.75, 3.05) is 0 Å². The van der Waals surface area contributed by atoms with Crippen molar-refractivity contribution in [1.29, 1.82) is 0 Å². The first-order valence-corrected chi connectivity index (χ1v) is 2.19. The Labute approximate surface area is 121 Å². The van der Waals surface area contributed by atoms with Crippen LogP contribution in [0.4, 0.5) is 0 Å². The van der Waals surface area contributed by atoms with E-state index in [1.54, 1.807) is 0 Å². The van der Waals surface area contributed by atoms with Crippen LogP contribution in [-0.2, 0) is 42.7 Å². The Kier molecular flexibility index (Phi) is 104. The minimum atomic E-state index is -5.39. The van der Waals surface area contributed by atoms with E-state index in [1.165, 1.54) is 0 Å². The van der Waals surface area contributed by atoms with Gasteiger partial charge in [-0.15, -0.1) is 0 Å². The Morgan fingerprint density at radius 2 is 0.909 bits per heavy atom. The maximum Gasteiger partial charge on any atom is 4.00 e. The first-order chi connectivity index (χ1) is 2.00. The van der Waals surface area contributed by atoms with Gasteiger partial charge in [0.05, 0.1) is 0 Å². The minimum absolute atomic E-state index is 0. The maximum absolute atomic E-state index is 8.55. The van der Waals surface area contributed by atoms with Crippen LogP contribution < -0.4 is 14.7 Å². The van der Waals surface area contributed by atoms with E-state index in [0.29, 0.717) is 0 Å². The van der Waals surface area contributed by atoms with Crippen molar-refractivity contribution >= 4 is 25.2 Å². The molecule has 0 fully saturated rings. The molecule has 0 radical (unpaired) electrons. The predicted octanol–water partition coefficient (Wildman–Crippen LogP) is -3.56. The fourth-order valence-corrected chi connectivity index (χ4v) is 0. The number of phosphoric acid groups is 1. The third-order valence-electron chi connectivity index (χ3n) is 0. The smallest absolute Gasteiger partial charge is 2.00 e. The second kappa shape index (κ2) is 22.9. The maximum atomic E-state index is 8.55. The van der Waals surface area contributed by atoms with Crippen LogP contribution in [0.5, 0.6) is 0 Å². The monoisotopic (exact) mass is 450 g/mol. The van der Waals surface area contributed by atoms with E-state index < -0.39 is 7.82 Å². The normalized spacial score (nSPS) is 5.36. The van der Waals surface area contributed by atoms with Crippen molar-refractivity contribution in [2.24, 2.45) is 0 Å². The molecule has 0 aliphatic rings. The van der Waals surface area contributed by atoms with E-state index in [-0.39, 0.29) is 95.4 Å². The summed E-state index contributed by atoms with van der Waals surface area (Å²) in [5.41, 5.74) is 0. The van der Waals surface area contributed by atoms with E-state index in [0.717, 1.165) is 0 Å². The summed E-state index contributed by atoms with van der Waals surface area (Å²) in [5.74, 6) is 0. The third kappa shape index (κ3) is 214. The fourth-order valence-electron chi connectivity index (χ4n) is 0. The van der Waals surface area contributed by atoms with Gasteiger partial charge >= 0.3 is 79.0 Å². The van der Waals surface area contributed by atoms with Gasteiger partial charge in [0, 0.05) is 0 Å². The molecule has 0 amide bonds. The summed E-state index contributed by atoms with van der Waals surface area (Å²) in [5, 5.41) is 0. The van der Waals surface area contributed by atoms with Gasteiger partial charge in [-0.25, -0.2) is 0 Å². The molecular formula is AlO7PThTi+2. The zero-order chi connectivity index (χ0) is 4.50. The molecule has 0 bridgehead atoms. The summed E-state index contributed by atoms with van der Waals surface area (Å²) in [6.07, 6.45) is 0. The van der Waals surface area contributed by atoms with Crippen LogP contribution in [0.15, 0.2) is 0 Å². The molecule has 7 nitrogen and oxygen atoms in total. The van der Waals surface area contributed by atoms with Crippen LogP contribution in [-0.4, -0.2) is 17.4 Å². The van der Waals surface area contributed by atoms with Gasteiger partial charge in [-0.2, -0.15) is 7.82 Å². The fraction of sp³-hybridized carbons (Fsp3) is 0. The standard InChI is InChI=1S/Al.H3O4P.3O.Th.Ti/c;1-5(2,3)4;;;;;/h;(H3,1,2,3,4);;;;;/q+3;;3*-2;2*+4/p-3. The van der Waals surface area contributed by atoms with Crippen molar-refractivity contribution < 1.29 is 97.3 Å². The van der Waals surface area contributed by atoms with Crippen LogP contribution in [0.1, 0.15) is 0 Å². The molecule has 0 aromatic carbocycles. The molecule has 0 rings (SSSR count). The summed E-state index contributed by atoms with van der Waals surface area (Å²) in [7, 11) is -5.39. The Bertz CT molecular complexity index is 64.6. The summed E-state index contributed by atoms with van der Waals surface area (Å²) < 4.78 is 8.55. The molecule has 11 heteroatoms. The van der Waals surface area contributed by atoms with Crippen molar-refractivity contribution in [3.63, 3.8) is 0 Å². The Morgan fingerprint density at radius 3 is 0.909 bits per heavy atom.